The number of nitrogens with two attached hydrogens (primary N) is 1. The van der Waals surface area contributed by atoms with E-state index in [2.05, 4.69) is 0 Å². The van der Waals surface area contributed by atoms with Crippen molar-refractivity contribution in [1.82, 2.24) is 4.90 Å². The van der Waals surface area contributed by atoms with Gasteiger partial charge < -0.3 is 20.1 Å². The van der Waals surface area contributed by atoms with Crippen molar-refractivity contribution in [3.8, 4) is 16.9 Å². The maximum atomic E-state index is 12.2. The van der Waals surface area contributed by atoms with Crippen LogP contribution in [0.3, 0.4) is 0 Å². The number of carbonyl (C=O) groups excluding carboxylic acids is 3. The number of rotatable bonds is 7. The summed E-state index contributed by atoms with van der Waals surface area (Å²) >= 11 is 0. The van der Waals surface area contributed by atoms with E-state index in [1.54, 1.807) is 12.1 Å². The molecule has 3 rings (SSSR count). The molecule has 0 aromatic heterocycles. The molecule has 1 aliphatic heterocycles. The van der Waals surface area contributed by atoms with E-state index < -0.39 is 11.9 Å². The minimum Gasteiger partial charge on any atom is -0.482 e. The molecule has 1 saturated heterocycles. The van der Waals surface area contributed by atoms with Gasteiger partial charge in [0.2, 0.25) is 5.91 Å². The van der Waals surface area contributed by atoms with Gasteiger partial charge in [0.05, 0.1) is 5.92 Å². The molecule has 7 heteroatoms. The van der Waals surface area contributed by atoms with E-state index in [0.717, 1.165) is 11.1 Å². The van der Waals surface area contributed by atoms with Crippen LogP contribution >= 0.6 is 0 Å². The summed E-state index contributed by atoms with van der Waals surface area (Å²) in [6.45, 7) is 0.142. The lowest BCUT2D eigenvalue weighted by Crippen LogP contribution is -2.45. The molecule has 152 valence electrons. The average Bonchev–Trinajstić information content (AvgIpc) is 2.77. The molecule has 0 bridgehead atoms. The van der Waals surface area contributed by atoms with E-state index in [1.165, 1.54) is 4.90 Å². The number of hydrogen-bond acceptors (Lipinski definition) is 5. The third kappa shape index (κ3) is 5.81. The predicted octanol–water partition coefficient (Wildman–Crippen LogP) is 2.00. The molecular weight excluding hydrogens is 372 g/mol. The van der Waals surface area contributed by atoms with Crippen LogP contribution in [0.5, 0.6) is 5.75 Å². The minimum absolute atomic E-state index is 0.274. The molecule has 2 aromatic carbocycles. The Morgan fingerprint density at radius 2 is 1.66 bits per heavy atom. The molecule has 1 heterocycles. The van der Waals surface area contributed by atoms with Gasteiger partial charge in [-0.2, -0.15) is 0 Å². The molecule has 2 amide bonds. The van der Waals surface area contributed by atoms with Crippen molar-refractivity contribution >= 4 is 17.8 Å². The molecule has 0 spiro atoms. The lowest BCUT2D eigenvalue weighted by atomic mass is 9.97. The van der Waals surface area contributed by atoms with Gasteiger partial charge in [-0.25, -0.2) is 4.79 Å². The van der Waals surface area contributed by atoms with E-state index in [9.17, 15) is 14.4 Å². The summed E-state index contributed by atoms with van der Waals surface area (Å²) in [6, 6.07) is 17.3. The van der Waals surface area contributed by atoms with Crippen molar-refractivity contribution in [2.45, 2.75) is 12.8 Å². The molecule has 1 fully saturated rings. The van der Waals surface area contributed by atoms with E-state index in [-0.39, 0.29) is 31.6 Å². The Hall–Kier alpha value is -3.35. The summed E-state index contributed by atoms with van der Waals surface area (Å²) in [7, 11) is 0. The van der Waals surface area contributed by atoms with Crippen molar-refractivity contribution in [1.29, 1.82) is 0 Å². The highest BCUT2D eigenvalue weighted by atomic mass is 16.6. The van der Waals surface area contributed by atoms with E-state index in [1.807, 2.05) is 42.5 Å². The van der Waals surface area contributed by atoms with Gasteiger partial charge in [-0.3, -0.25) is 9.59 Å². The molecule has 0 saturated carbocycles. The number of hydrogen-bond donors (Lipinski definition) is 1. The van der Waals surface area contributed by atoms with Gasteiger partial charge in [-0.05, 0) is 36.1 Å². The van der Waals surface area contributed by atoms with Gasteiger partial charge in [0.25, 0.3) is 5.91 Å². The van der Waals surface area contributed by atoms with Gasteiger partial charge >= 0.3 is 5.97 Å². The van der Waals surface area contributed by atoms with Crippen LogP contribution in [0.15, 0.2) is 54.6 Å². The van der Waals surface area contributed by atoms with Crippen LogP contribution in [-0.4, -0.2) is 49.0 Å². The van der Waals surface area contributed by atoms with Crippen molar-refractivity contribution in [2.75, 3.05) is 26.3 Å². The first-order valence-corrected chi connectivity index (χ1v) is 9.54. The summed E-state index contributed by atoms with van der Waals surface area (Å²) in [6.07, 6.45) is 1.38. The van der Waals surface area contributed by atoms with E-state index in [4.69, 9.17) is 15.2 Å². The third-order valence-corrected chi connectivity index (χ3v) is 4.85. The second kappa shape index (κ2) is 9.73. The molecule has 0 unspecified atom stereocenters. The van der Waals surface area contributed by atoms with Crippen LogP contribution < -0.4 is 10.5 Å². The fraction of sp³-hybridized carbons (Fsp3) is 0.318. The topological polar surface area (TPSA) is 98.9 Å². The standard InChI is InChI=1S/C22H24N2O5/c23-22(27)18-7-4-12-24(13-18)20(25)14-29-21(26)15-28-19-10-8-17(9-11-19)16-5-2-1-3-6-16/h1-3,5-6,8-11,18H,4,7,12-15H2,(H2,23,27)/t18-/m0/s1. The predicted molar refractivity (Wildman–Crippen MR) is 107 cm³/mol. The lowest BCUT2D eigenvalue weighted by Gasteiger charge is -2.31. The average molecular weight is 396 g/mol. The smallest absolute Gasteiger partial charge is 0.344 e. The molecule has 2 N–H and O–H groups in total. The summed E-state index contributed by atoms with van der Waals surface area (Å²) in [5.41, 5.74) is 7.44. The van der Waals surface area contributed by atoms with Gasteiger partial charge in [-0.15, -0.1) is 0 Å². The van der Waals surface area contributed by atoms with Crippen molar-refractivity contribution in [3.63, 3.8) is 0 Å². The monoisotopic (exact) mass is 396 g/mol. The zero-order chi connectivity index (χ0) is 20.6. The first kappa shape index (κ1) is 20.4. The summed E-state index contributed by atoms with van der Waals surface area (Å²) in [5.74, 6) is -1.18. The molecule has 0 aliphatic carbocycles. The summed E-state index contributed by atoms with van der Waals surface area (Å²) in [4.78, 5) is 36.8. The van der Waals surface area contributed by atoms with Gasteiger partial charge in [0.15, 0.2) is 13.2 Å². The van der Waals surface area contributed by atoms with Gasteiger partial charge in [0.1, 0.15) is 5.75 Å². The minimum atomic E-state index is -0.631. The summed E-state index contributed by atoms with van der Waals surface area (Å²) in [5, 5.41) is 0. The highest BCUT2D eigenvalue weighted by Crippen LogP contribution is 2.22. The maximum Gasteiger partial charge on any atom is 0.344 e. The van der Waals surface area contributed by atoms with Crippen molar-refractivity contribution in [2.24, 2.45) is 11.7 Å². The molecule has 1 atom stereocenters. The lowest BCUT2D eigenvalue weighted by molar-refractivity contribution is -0.154. The second-order valence-electron chi connectivity index (χ2n) is 6.92. The Labute approximate surface area is 169 Å². The Morgan fingerprint density at radius 3 is 2.34 bits per heavy atom. The fourth-order valence-electron chi connectivity index (χ4n) is 3.23. The van der Waals surface area contributed by atoms with Crippen LogP contribution in [0, 0.1) is 5.92 Å². The number of carbonyl (C=O) groups is 3. The molecule has 29 heavy (non-hydrogen) atoms. The number of piperidine rings is 1. The number of primary amides is 1. The largest absolute Gasteiger partial charge is 0.482 e. The Morgan fingerprint density at radius 1 is 0.966 bits per heavy atom. The Balaban J connectivity index is 1.42. The number of amides is 2. The van der Waals surface area contributed by atoms with Crippen LogP contribution in [0.4, 0.5) is 0 Å². The van der Waals surface area contributed by atoms with Crippen LogP contribution in [-0.2, 0) is 19.1 Å². The highest BCUT2D eigenvalue weighted by molar-refractivity contribution is 5.82. The summed E-state index contributed by atoms with van der Waals surface area (Å²) < 4.78 is 10.4. The van der Waals surface area contributed by atoms with Gasteiger partial charge in [-0.1, -0.05) is 42.5 Å². The number of likely N-dealkylation sites (tertiary alicyclic amines) is 1. The second-order valence-corrected chi connectivity index (χ2v) is 6.92. The Bertz CT molecular complexity index is 851. The van der Waals surface area contributed by atoms with E-state index >= 15 is 0 Å². The van der Waals surface area contributed by atoms with Crippen molar-refractivity contribution in [3.05, 3.63) is 54.6 Å². The third-order valence-electron chi connectivity index (χ3n) is 4.85. The fourth-order valence-corrected chi connectivity index (χ4v) is 3.23. The number of esters is 1. The number of nitrogens with zero attached hydrogens (tertiary/aromatic N) is 1. The van der Waals surface area contributed by atoms with Crippen molar-refractivity contribution < 1.29 is 23.9 Å². The van der Waals surface area contributed by atoms with Crippen LogP contribution in [0.2, 0.25) is 0 Å². The normalized spacial score (nSPS) is 16.1. The zero-order valence-electron chi connectivity index (χ0n) is 16.1. The number of benzene rings is 2. The molecule has 1 aliphatic rings. The quantitative estimate of drug-likeness (QED) is 0.722. The van der Waals surface area contributed by atoms with Gasteiger partial charge in [0, 0.05) is 13.1 Å². The molecule has 0 radical (unpaired) electrons. The van der Waals surface area contributed by atoms with Crippen LogP contribution in [0.1, 0.15) is 12.8 Å². The van der Waals surface area contributed by atoms with Crippen LogP contribution in [0.25, 0.3) is 11.1 Å². The number of ether oxygens (including phenoxy) is 2. The maximum absolute atomic E-state index is 12.2. The molecule has 7 nitrogen and oxygen atoms in total. The first-order chi connectivity index (χ1) is 14.0. The zero-order valence-corrected chi connectivity index (χ0v) is 16.1. The SMILES string of the molecule is NC(=O)[C@H]1CCCN(C(=O)COC(=O)COc2ccc(-c3ccccc3)cc2)C1. The highest BCUT2D eigenvalue weighted by Gasteiger charge is 2.27. The van der Waals surface area contributed by atoms with E-state index in [0.29, 0.717) is 25.1 Å². The Kier molecular flexibility index (Phi) is 6.84. The first-order valence-electron chi connectivity index (χ1n) is 9.54. The molecular formula is C22H24N2O5. The molecule has 2 aromatic rings.